The fraction of sp³-hybridized carbons (Fsp3) is 0.588. The summed E-state index contributed by atoms with van der Waals surface area (Å²) in [7, 11) is 3.90. The van der Waals surface area contributed by atoms with Crippen molar-refractivity contribution in [3.8, 4) is 0 Å². The third kappa shape index (κ3) is 5.45. The third-order valence-corrected chi connectivity index (χ3v) is 4.63. The first-order valence-corrected chi connectivity index (χ1v) is 9.94. The monoisotopic (exact) mass is 494 g/mol. The lowest BCUT2D eigenvalue weighted by Crippen LogP contribution is -2.25. The molecule has 1 aliphatic rings. The van der Waals surface area contributed by atoms with Crippen LogP contribution in [0.5, 0.6) is 0 Å². The van der Waals surface area contributed by atoms with Gasteiger partial charge in [0.15, 0.2) is 5.82 Å². The molecule has 30 heavy (non-hydrogen) atoms. The molecule has 0 bridgehead atoms. The van der Waals surface area contributed by atoms with E-state index in [-0.39, 0.29) is 5.56 Å². The first kappa shape index (κ1) is 24.0. The molecule has 0 unspecified atom stereocenters. The molecular formula is C17H22BrF3N6O3. The SMILES string of the molecule is CCCCCn1c2c(c(=O)n3c(CN(C)C)nnc13)CC(Br)=N2.O=C(O)C(F)(F)F. The Morgan fingerprint density at radius 1 is 1.27 bits per heavy atom. The Balaban J connectivity index is 0.000000396. The molecule has 0 spiro atoms. The summed E-state index contributed by atoms with van der Waals surface area (Å²) in [6.07, 6.45) is -1.23. The summed E-state index contributed by atoms with van der Waals surface area (Å²) >= 11 is 3.43. The molecule has 0 saturated carbocycles. The second-order valence-corrected chi connectivity index (χ2v) is 7.84. The minimum Gasteiger partial charge on any atom is -0.475 e. The van der Waals surface area contributed by atoms with Gasteiger partial charge in [-0.3, -0.25) is 9.36 Å². The fourth-order valence-corrected chi connectivity index (χ4v) is 3.32. The van der Waals surface area contributed by atoms with Gasteiger partial charge in [0, 0.05) is 13.0 Å². The lowest BCUT2D eigenvalue weighted by molar-refractivity contribution is -0.192. The number of hydrogen-bond donors (Lipinski definition) is 1. The van der Waals surface area contributed by atoms with E-state index in [2.05, 4.69) is 38.0 Å². The molecule has 0 atom stereocenters. The topological polar surface area (TPSA) is 105 Å². The maximum absolute atomic E-state index is 12.9. The second-order valence-electron chi connectivity index (χ2n) is 6.92. The predicted molar refractivity (Wildman–Crippen MR) is 108 cm³/mol. The van der Waals surface area contributed by atoms with Crippen molar-refractivity contribution >= 4 is 38.1 Å². The Morgan fingerprint density at radius 3 is 2.43 bits per heavy atom. The number of aryl methyl sites for hydroxylation is 1. The number of fused-ring (bicyclic) bond motifs is 2. The molecule has 0 fully saturated rings. The van der Waals surface area contributed by atoms with E-state index in [4.69, 9.17) is 9.90 Å². The van der Waals surface area contributed by atoms with Gasteiger partial charge >= 0.3 is 12.1 Å². The average Bonchev–Trinajstić information content (AvgIpc) is 3.21. The zero-order valence-corrected chi connectivity index (χ0v) is 18.3. The number of rotatable bonds is 6. The zero-order chi connectivity index (χ0) is 22.6. The summed E-state index contributed by atoms with van der Waals surface area (Å²) in [5.74, 6) is -0.764. The second kappa shape index (κ2) is 9.69. The molecule has 0 aliphatic carbocycles. The molecular weight excluding hydrogens is 473 g/mol. The number of halogens is 4. The standard InChI is InChI=1S/C15H21BrN6O.C2HF3O2/c1-4-5-6-7-21-13-10(8-11(16)17-13)14(23)22-12(9-20(2)3)18-19-15(21)22;3-2(4,5)1(6)7/h4-9H2,1-3H3;(H,6,7). The van der Waals surface area contributed by atoms with Crippen LogP contribution in [0.15, 0.2) is 9.79 Å². The highest BCUT2D eigenvalue weighted by atomic mass is 79.9. The normalized spacial score (nSPS) is 13.3. The molecule has 3 heterocycles. The Bertz CT molecular complexity index is 1010. The van der Waals surface area contributed by atoms with Crippen molar-refractivity contribution in [2.75, 3.05) is 14.1 Å². The number of aromatic nitrogens is 4. The van der Waals surface area contributed by atoms with Crippen molar-refractivity contribution in [2.24, 2.45) is 4.99 Å². The number of unbranched alkanes of at least 4 members (excludes halogenated alkanes) is 2. The number of aliphatic carboxylic acids is 1. The van der Waals surface area contributed by atoms with E-state index >= 15 is 0 Å². The van der Waals surface area contributed by atoms with Gasteiger partial charge in [0.05, 0.1) is 16.7 Å². The van der Waals surface area contributed by atoms with Gasteiger partial charge in [0.1, 0.15) is 5.82 Å². The molecule has 2 aromatic rings. The molecule has 13 heteroatoms. The molecule has 1 N–H and O–H groups in total. The highest BCUT2D eigenvalue weighted by Gasteiger charge is 2.38. The predicted octanol–water partition coefficient (Wildman–Crippen LogP) is 2.76. The summed E-state index contributed by atoms with van der Waals surface area (Å²) in [5.41, 5.74) is 0.669. The maximum atomic E-state index is 12.9. The van der Waals surface area contributed by atoms with Crippen LogP contribution in [0.25, 0.3) is 5.78 Å². The molecule has 0 saturated heterocycles. The van der Waals surface area contributed by atoms with Crippen LogP contribution in [0.4, 0.5) is 19.0 Å². The van der Waals surface area contributed by atoms with E-state index in [1.165, 1.54) is 0 Å². The average molecular weight is 495 g/mol. The van der Waals surface area contributed by atoms with Crippen molar-refractivity contribution in [2.45, 2.75) is 51.9 Å². The largest absolute Gasteiger partial charge is 0.490 e. The molecule has 2 aromatic heterocycles. The van der Waals surface area contributed by atoms with E-state index in [0.717, 1.165) is 41.8 Å². The summed E-state index contributed by atoms with van der Waals surface area (Å²) in [4.78, 5) is 28.3. The maximum Gasteiger partial charge on any atom is 0.490 e. The Kier molecular flexibility index (Phi) is 7.75. The van der Waals surface area contributed by atoms with Crippen molar-refractivity contribution < 1.29 is 23.1 Å². The van der Waals surface area contributed by atoms with Crippen molar-refractivity contribution in [3.63, 3.8) is 0 Å². The molecule has 0 radical (unpaired) electrons. The number of alkyl halides is 3. The Hall–Kier alpha value is -2.28. The minimum absolute atomic E-state index is 0.0539. The molecule has 1 aliphatic heterocycles. The van der Waals surface area contributed by atoms with Gasteiger partial charge < -0.3 is 10.0 Å². The van der Waals surface area contributed by atoms with E-state index in [1.54, 1.807) is 4.40 Å². The first-order valence-electron chi connectivity index (χ1n) is 9.14. The van der Waals surface area contributed by atoms with Gasteiger partial charge in [-0.15, -0.1) is 10.2 Å². The van der Waals surface area contributed by atoms with Crippen LogP contribution in [-0.4, -0.2) is 60.0 Å². The van der Waals surface area contributed by atoms with Crippen molar-refractivity contribution in [3.05, 3.63) is 21.7 Å². The van der Waals surface area contributed by atoms with E-state index in [9.17, 15) is 18.0 Å². The molecule has 3 rings (SSSR count). The van der Waals surface area contributed by atoms with Crippen LogP contribution >= 0.6 is 15.9 Å². The lowest BCUT2D eigenvalue weighted by Gasteiger charge is -2.13. The number of nitrogens with zero attached hydrogens (tertiary/aromatic N) is 6. The van der Waals surface area contributed by atoms with Gasteiger partial charge in [0.25, 0.3) is 5.56 Å². The van der Waals surface area contributed by atoms with Crippen LogP contribution in [0.2, 0.25) is 0 Å². The highest BCUT2D eigenvalue weighted by Crippen LogP contribution is 2.28. The van der Waals surface area contributed by atoms with Gasteiger partial charge in [-0.1, -0.05) is 19.8 Å². The molecule has 166 valence electrons. The quantitative estimate of drug-likeness (QED) is 0.619. The Morgan fingerprint density at radius 2 is 1.90 bits per heavy atom. The van der Waals surface area contributed by atoms with Crippen LogP contribution < -0.4 is 5.56 Å². The van der Waals surface area contributed by atoms with Gasteiger partial charge in [0.2, 0.25) is 5.78 Å². The molecule has 0 aromatic carbocycles. The summed E-state index contributed by atoms with van der Waals surface area (Å²) in [6.45, 7) is 3.54. The first-order chi connectivity index (χ1) is 14.0. The van der Waals surface area contributed by atoms with Crippen LogP contribution in [-0.2, 0) is 24.3 Å². The summed E-state index contributed by atoms with van der Waals surface area (Å²) < 4.78 is 36.2. The van der Waals surface area contributed by atoms with Gasteiger partial charge in [-0.25, -0.2) is 14.2 Å². The summed E-state index contributed by atoms with van der Waals surface area (Å²) in [5, 5.41) is 15.6. The number of aliphatic imine (C=N–C) groups is 1. The van der Waals surface area contributed by atoms with Crippen LogP contribution in [0, 0.1) is 0 Å². The smallest absolute Gasteiger partial charge is 0.475 e. The fourth-order valence-electron chi connectivity index (χ4n) is 2.87. The number of carboxylic acid groups (broad SMARTS) is 1. The third-order valence-electron chi connectivity index (χ3n) is 4.18. The van der Waals surface area contributed by atoms with Crippen LogP contribution in [0.3, 0.4) is 0 Å². The van der Waals surface area contributed by atoms with E-state index in [1.807, 2.05) is 23.6 Å². The van der Waals surface area contributed by atoms with Crippen LogP contribution in [0.1, 0.15) is 37.6 Å². The number of carbonyl (C=O) groups is 1. The van der Waals surface area contributed by atoms with Crippen molar-refractivity contribution in [1.82, 2.24) is 24.1 Å². The number of hydrogen-bond acceptors (Lipinski definition) is 6. The lowest BCUT2D eigenvalue weighted by atomic mass is 10.2. The van der Waals surface area contributed by atoms with Crippen molar-refractivity contribution in [1.29, 1.82) is 0 Å². The minimum atomic E-state index is -5.08. The number of carboxylic acids is 1. The molecule has 0 amide bonds. The summed E-state index contributed by atoms with van der Waals surface area (Å²) in [6, 6.07) is 0. The molecule has 9 nitrogen and oxygen atoms in total. The van der Waals surface area contributed by atoms with Gasteiger partial charge in [-0.05, 0) is 36.4 Å². The Labute approximate surface area is 178 Å². The van der Waals surface area contributed by atoms with Gasteiger partial charge in [-0.2, -0.15) is 13.2 Å². The van der Waals surface area contributed by atoms with E-state index in [0.29, 0.717) is 24.6 Å². The zero-order valence-electron chi connectivity index (χ0n) is 16.7. The highest BCUT2D eigenvalue weighted by molar-refractivity contribution is 9.18. The van der Waals surface area contributed by atoms with E-state index < -0.39 is 12.1 Å².